The SMILES string of the molecule is COc1cc(OC)c(/C=C(\C#N)C(=O)Nc2ccc(Cl)cc2C)cc1Br. The van der Waals surface area contributed by atoms with Crippen LogP contribution in [0, 0.1) is 18.3 Å². The fourth-order valence-electron chi connectivity index (χ4n) is 2.26. The molecule has 0 aliphatic heterocycles. The molecular weight excluding hydrogens is 420 g/mol. The monoisotopic (exact) mass is 434 g/mol. The average Bonchev–Trinajstić information content (AvgIpc) is 2.62. The van der Waals surface area contributed by atoms with Crippen LogP contribution >= 0.6 is 27.5 Å². The van der Waals surface area contributed by atoms with Crippen LogP contribution in [0.1, 0.15) is 11.1 Å². The van der Waals surface area contributed by atoms with Crippen molar-refractivity contribution >= 4 is 45.2 Å². The van der Waals surface area contributed by atoms with Gasteiger partial charge in [0.25, 0.3) is 5.91 Å². The lowest BCUT2D eigenvalue weighted by Crippen LogP contribution is -2.14. The smallest absolute Gasteiger partial charge is 0.266 e. The summed E-state index contributed by atoms with van der Waals surface area (Å²) in [5.41, 5.74) is 1.89. The van der Waals surface area contributed by atoms with Gasteiger partial charge < -0.3 is 14.8 Å². The summed E-state index contributed by atoms with van der Waals surface area (Å²) < 4.78 is 11.2. The first-order chi connectivity index (χ1) is 12.4. The van der Waals surface area contributed by atoms with E-state index in [2.05, 4.69) is 21.2 Å². The van der Waals surface area contributed by atoms with Gasteiger partial charge in [0.05, 0.1) is 18.7 Å². The first-order valence-electron chi connectivity index (χ1n) is 7.50. The maximum absolute atomic E-state index is 12.5. The Morgan fingerprint density at radius 2 is 1.92 bits per heavy atom. The predicted molar refractivity (Wildman–Crippen MR) is 106 cm³/mol. The van der Waals surface area contributed by atoms with E-state index in [9.17, 15) is 10.1 Å². The normalized spacial score (nSPS) is 10.8. The molecule has 2 aromatic carbocycles. The van der Waals surface area contributed by atoms with Crippen molar-refractivity contribution in [3.8, 4) is 17.6 Å². The molecule has 0 unspecified atom stereocenters. The van der Waals surface area contributed by atoms with Gasteiger partial charge in [-0.2, -0.15) is 5.26 Å². The summed E-state index contributed by atoms with van der Waals surface area (Å²) in [5.74, 6) is 0.541. The van der Waals surface area contributed by atoms with Crippen LogP contribution in [0.4, 0.5) is 5.69 Å². The minimum atomic E-state index is -0.521. The largest absolute Gasteiger partial charge is 0.496 e. The van der Waals surface area contributed by atoms with Crippen LogP contribution in [0.2, 0.25) is 5.02 Å². The predicted octanol–water partition coefficient (Wildman–Crippen LogP) is 4.97. The highest BCUT2D eigenvalue weighted by atomic mass is 79.9. The van der Waals surface area contributed by atoms with Crippen LogP contribution in [0.25, 0.3) is 6.08 Å². The number of halogens is 2. The third kappa shape index (κ3) is 4.57. The van der Waals surface area contributed by atoms with Crippen molar-refractivity contribution in [3.05, 3.63) is 56.5 Å². The Balaban J connectivity index is 2.37. The molecule has 2 rings (SSSR count). The summed E-state index contributed by atoms with van der Waals surface area (Å²) in [7, 11) is 3.04. The maximum atomic E-state index is 12.5. The van der Waals surface area contributed by atoms with Crippen LogP contribution in [-0.4, -0.2) is 20.1 Å². The number of methoxy groups -OCH3 is 2. The molecule has 0 aromatic heterocycles. The zero-order chi connectivity index (χ0) is 19.3. The summed E-state index contributed by atoms with van der Waals surface area (Å²) in [5, 5.41) is 12.7. The number of hydrogen-bond acceptors (Lipinski definition) is 4. The molecular formula is C19H16BrClN2O3. The van der Waals surface area contributed by atoms with E-state index in [1.807, 2.05) is 13.0 Å². The summed E-state index contributed by atoms with van der Waals surface area (Å²) >= 11 is 9.30. The minimum Gasteiger partial charge on any atom is -0.496 e. The standard InChI is InChI=1S/C19H16BrClN2O3/c1-11-6-14(21)4-5-16(11)23-19(24)13(10-22)7-12-8-15(20)18(26-3)9-17(12)25-2/h4-9H,1-3H3,(H,23,24)/b13-7+. The van der Waals surface area contributed by atoms with E-state index in [1.54, 1.807) is 30.3 Å². The molecule has 26 heavy (non-hydrogen) atoms. The van der Waals surface area contributed by atoms with Gasteiger partial charge in [-0.1, -0.05) is 11.6 Å². The van der Waals surface area contributed by atoms with Crippen molar-refractivity contribution < 1.29 is 14.3 Å². The minimum absolute atomic E-state index is 0.0604. The second-order valence-corrected chi connectivity index (χ2v) is 6.60. The number of carbonyl (C=O) groups excluding carboxylic acids is 1. The lowest BCUT2D eigenvalue weighted by molar-refractivity contribution is -0.112. The third-order valence-corrected chi connectivity index (χ3v) is 4.46. The molecule has 0 radical (unpaired) electrons. The number of rotatable bonds is 5. The second kappa shape index (κ2) is 8.75. The molecule has 5 nitrogen and oxygen atoms in total. The molecule has 0 fully saturated rings. The molecule has 0 bridgehead atoms. The molecule has 7 heteroatoms. The number of carbonyl (C=O) groups is 1. The average molecular weight is 436 g/mol. The summed E-state index contributed by atoms with van der Waals surface area (Å²) in [6.07, 6.45) is 1.46. The van der Waals surface area contributed by atoms with Crippen molar-refractivity contribution in [1.29, 1.82) is 5.26 Å². The highest BCUT2D eigenvalue weighted by molar-refractivity contribution is 9.10. The number of benzene rings is 2. The number of nitrogens with one attached hydrogen (secondary N) is 1. The Morgan fingerprint density at radius 3 is 2.50 bits per heavy atom. The van der Waals surface area contributed by atoms with E-state index in [0.717, 1.165) is 5.56 Å². The summed E-state index contributed by atoms with van der Waals surface area (Å²) in [6, 6.07) is 10.4. The molecule has 2 aromatic rings. The zero-order valence-electron chi connectivity index (χ0n) is 14.4. The van der Waals surface area contributed by atoms with Crippen molar-refractivity contribution in [2.75, 3.05) is 19.5 Å². The summed E-state index contributed by atoms with van der Waals surface area (Å²) in [6.45, 7) is 1.82. The Morgan fingerprint density at radius 1 is 1.23 bits per heavy atom. The molecule has 0 aliphatic rings. The molecule has 0 atom stereocenters. The van der Waals surface area contributed by atoms with Crippen molar-refractivity contribution in [1.82, 2.24) is 0 Å². The molecule has 134 valence electrons. The van der Waals surface area contributed by atoms with Gasteiger partial charge in [-0.25, -0.2) is 0 Å². The van der Waals surface area contributed by atoms with E-state index >= 15 is 0 Å². The van der Waals surface area contributed by atoms with Gasteiger partial charge in [0.15, 0.2) is 0 Å². The number of nitriles is 1. The van der Waals surface area contributed by atoms with Crippen molar-refractivity contribution in [3.63, 3.8) is 0 Å². The van der Waals surface area contributed by atoms with E-state index in [0.29, 0.717) is 32.2 Å². The second-order valence-electron chi connectivity index (χ2n) is 5.31. The van der Waals surface area contributed by atoms with Crippen LogP contribution in [-0.2, 0) is 4.79 Å². The lowest BCUT2D eigenvalue weighted by atomic mass is 10.1. The molecule has 0 saturated carbocycles. The number of hydrogen-bond donors (Lipinski definition) is 1. The van der Waals surface area contributed by atoms with Crippen molar-refractivity contribution in [2.24, 2.45) is 0 Å². The van der Waals surface area contributed by atoms with Gasteiger partial charge in [0.2, 0.25) is 0 Å². The number of ether oxygens (including phenoxy) is 2. The number of anilines is 1. The first kappa shape index (κ1) is 19.8. The van der Waals surface area contributed by atoms with Gasteiger partial charge in [0.1, 0.15) is 23.1 Å². The van der Waals surface area contributed by atoms with Crippen LogP contribution in [0.3, 0.4) is 0 Å². The Kier molecular flexibility index (Phi) is 6.67. The van der Waals surface area contributed by atoms with E-state index < -0.39 is 5.91 Å². The highest BCUT2D eigenvalue weighted by Crippen LogP contribution is 2.34. The van der Waals surface area contributed by atoms with Gasteiger partial charge in [0, 0.05) is 22.3 Å². The van der Waals surface area contributed by atoms with Crippen molar-refractivity contribution in [2.45, 2.75) is 6.92 Å². The van der Waals surface area contributed by atoms with Gasteiger partial charge in [-0.15, -0.1) is 0 Å². The van der Waals surface area contributed by atoms with E-state index in [4.69, 9.17) is 21.1 Å². The number of aryl methyl sites for hydroxylation is 1. The zero-order valence-corrected chi connectivity index (χ0v) is 16.7. The molecule has 0 heterocycles. The third-order valence-electron chi connectivity index (χ3n) is 3.61. The maximum Gasteiger partial charge on any atom is 0.266 e. The lowest BCUT2D eigenvalue weighted by Gasteiger charge is -2.11. The van der Waals surface area contributed by atoms with Crippen LogP contribution in [0.5, 0.6) is 11.5 Å². The van der Waals surface area contributed by atoms with Crippen LogP contribution < -0.4 is 14.8 Å². The topological polar surface area (TPSA) is 71.3 Å². The molecule has 1 N–H and O–H groups in total. The Labute approximate surface area is 165 Å². The first-order valence-corrected chi connectivity index (χ1v) is 8.67. The molecule has 0 saturated heterocycles. The molecule has 0 spiro atoms. The fraction of sp³-hybridized carbons (Fsp3) is 0.158. The summed E-state index contributed by atoms with van der Waals surface area (Å²) in [4.78, 5) is 12.5. The fourth-order valence-corrected chi connectivity index (χ4v) is 3.01. The van der Waals surface area contributed by atoms with E-state index in [1.165, 1.54) is 20.3 Å². The Hall–Kier alpha value is -2.49. The Bertz CT molecular complexity index is 920. The number of amides is 1. The van der Waals surface area contributed by atoms with Gasteiger partial charge in [-0.3, -0.25) is 4.79 Å². The molecule has 0 aliphatic carbocycles. The van der Waals surface area contributed by atoms with Crippen LogP contribution in [0.15, 0.2) is 40.4 Å². The van der Waals surface area contributed by atoms with Gasteiger partial charge >= 0.3 is 0 Å². The van der Waals surface area contributed by atoms with Gasteiger partial charge in [-0.05, 0) is 58.8 Å². The number of nitrogens with zero attached hydrogens (tertiary/aromatic N) is 1. The molecule has 1 amide bonds. The quantitative estimate of drug-likeness (QED) is 0.531. The highest BCUT2D eigenvalue weighted by Gasteiger charge is 2.14. The van der Waals surface area contributed by atoms with E-state index in [-0.39, 0.29) is 5.57 Å².